The van der Waals surface area contributed by atoms with Gasteiger partial charge in [-0.1, -0.05) is 106 Å². The van der Waals surface area contributed by atoms with Crippen LogP contribution in [0.15, 0.2) is 0 Å². The summed E-state index contributed by atoms with van der Waals surface area (Å²) in [7, 11) is -1.37. The molecule has 0 fully saturated rings. The molecule has 2 heteroatoms. The summed E-state index contributed by atoms with van der Waals surface area (Å²) < 4.78 is 0. The average molecular weight is 342 g/mol. The van der Waals surface area contributed by atoms with Gasteiger partial charge in [-0.15, -0.1) is 0 Å². The predicted molar refractivity (Wildman–Crippen MR) is 111 cm³/mol. The van der Waals surface area contributed by atoms with Crippen LogP contribution in [-0.4, -0.2) is 14.8 Å². The van der Waals surface area contributed by atoms with Crippen molar-refractivity contribution in [3.8, 4) is 0 Å². The van der Waals surface area contributed by atoms with Crippen LogP contribution in [0, 0.1) is 0 Å². The fraction of sp³-hybridized carbons (Fsp3) is 1.00. The molecule has 0 spiro atoms. The molecule has 0 aliphatic heterocycles. The molecule has 1 N–H and O–H groups in total. The third-order valence-electron chi connectivity index (χ3n) is 5.83. The van der Waals surface area contributed by atoms with Gasteiger partial charge in [0.25, 0.3) is 0 Å². The van der Waals surface area contributed by atoms with E-state index in [4.69, 9.17) is 0 Å². The first-order chi connectivity index (χ1) is 10.9. The topological polar surface area (TPSA) is 12.0 Å². The Hall–Kier alpha value is 0.177. The minimum atomic E-state index is -1.37. The van der Waals surface area contributed by atoms with Crippen molar-refractivity contribution in [3.63, 3.8) is 0 Å². The van der Waals surface area contributed by atoms with Crippen LogP contribution < -0.4 is 4.98 Å². The number of nitrogens with one attached hydrogen (secondary N) is 1. The Kier molecular flexibility index (Phi) is 13.6. The molecule has 0 aromatic rings. The van der Waals surface area contributed by atoms with E-state index in [0.29, 0.717) is 0 Å². The lowest BCUT2D eigenvalue weighted by Crippen LogP contribution is -2.58. The van der Waals surface area contributed by atoms with Crippen molar-refractivity contribution in [2.24, 2.45) is 0 Å². The second-order valence-electron chi connectivity index (χ2n) is 8.51. The fourth-order valence-electron chi connectivity index (χ4n) is 4.53. The highest BCUT2D eigenvalue weighted by Crippen LogP contribution is 2.38. The van der Waals surface area contributed by atoms with Gasteiger partial charge >= 0.3 is 0 Å². The molecule has 0 aliphatic carbocycles. The molecule has 0 amide bonds. The van der Waals surface area contributed by atoms with E-state index in [9.17, 15) is 0 Å². The molecule has 140 valence electrons. The third kappa shape index (κ3) is 8.72. The van der Waals surface area contributed by atoms with E-state index < -0.39 is 8.24 Å². The van der Waals surface area contributed by atoms with Gasteiger partial charge in [-0.25, -0.2) is 0 Å². The lowest BCUT2D eigenvalue weighted by Gasteiger charge is -2.43. The maximum Gasteiger partial charge on any atom is 0.133 e. The second kappa shape index (κ2) is 13.5. The molecule has 0 heterocycles. The van der Waals surface area contributed by atoms with Crippen LogP contribution in [0.4, 0.5) is 0 Å². The highest BCUT2D eigenvalue weighted by Gasteiger charge is 2.42. The second-order valence-corrected chi connectivity index (χ2v) is 14.2. The van der Waals surface area contributed by atoms with E-state index in [2.05, 4.69) is 53.4 Å². The summed E-state index contributed by atoms with van der Waals surface area (Å²) in [5, 5.41) is 0. The molecular weight excluding hydrogens is 294 g/mol. The average Bonchev–Trinajstić information content (AvgIpc) is 2.47. The van der Waals surface area contributed by atoms with E-state index in [1.54, 1.807) is 0 Å². The number of unbranched alkanes of at least 4 members (excludes halogenated alkanes) is 9. The molecule has 0 saturated carbocycles. The predicted octanol–water partition coefficient (Wildman–Crippen LogP) is 7.67. The zero-order chi connectivity index (χ0) is 17.7. The van der Waals surface area contributed by atoms with Crippen LogP contribution in [0.3, 0.4) is 0 Å². The quantitative estimate of drug-likeness (QED) is 0.238. The van der Waals surface area contributed by atoms with E-state index in [1.807, 2.05) is 0 Å². The molecule has 0 aromatic heterocycles. The molecule has 0 bridgehead atoms. The smallest absolute Gasteiger partial charge is 0.133 e. The molecule has 0 radical (unpaired) electrons. The minimum Gasteiger partial charge on any atom is -0.336 e. The number of hydrogen-bond donors (Lipinski definition) is 1. The first-order valence-electron chi connectivity index (χ1n) is 10.6. The molecule has 1 nitrogen and oxygen atoms in total. The van der Waals surface area contributed by atoms with Gasteiger partial charge in [-0.3, -0.25) is 0 Å². The van der Waals surface area contributed by atoms with E-state index in [0.717, 1.165) is 16.6 Å². The lowest BCUT2D eigenvalue weighted by atomic mass is 10.1. The summed E-state index contributed by atoms with van der Waals surface area (Å²) >= 11 is 0. The van der Waals surface area contributed by atoms with Crippen LogP contribution >= 0.6 is 0 Å². The van der Waals surface area contributed by atoms with E-state index >= 15 is 0 Å². The normalized spacial score (nSPS) is 12.8. The van der Waals surface area contributed by atoms with Gasteiger partial charge in [0, 0.05) is 0 Å². The Morgan fingerprint density at radius 1 is 0.565 bits per heavy atom. The third-order valence-corrected chi connectivity index (χ3v) is 12.4. The van der Waals surface area contributed by atoms with Gasteiger partial charge in [-0.2, -0.15) is 0 Å². The van der Waals surface area contributed by atoms with Gasteiger partial charge in [0.15, 0.2) is 0 Å². The molecule has 23 heavy (non-hydrogen) atoms. The highest BCUT2D eigenvalue weighted by atomic mass is 28.3. The Morgan fingerprint density at radius 3 is 1.26 bits per heavy atom. The molecule has 0 aliphatic rings. The zero-order valence-corrected chi connectivity index (χ0v) is 18.5. The first kappa shape index (κ1) is 23.2. The van der Waals surface area contributed by atoms with Gasteiger partial charge in [0.1, 0.15) is 8.24 Å². The SMILES string of the molecule is CCCCCCCCCCCCN[Si](C(C)C)(C(C)C)C(C)C. The van der Waals surface area contributed by atoms with Crippen molar-refractivity contribution in [2.45, 2.75) is 129 Å². The Morgan fingerprint density at radius 2 is 0.913 bits per heavy atom. The zero-order valence-electron chi connectivity index (χ0n) is 17.5. The van der Waals surface area contributed by atoms with Crippen molar-refractivity contribution in [1.82, 2.24) is 4.98 Å². The molecular formula is C21H47NSi. The molecule has 0 rings (SSSR count). The van der Waals surface area contributed by atoms with Crippen LogP contribution in [0.1, 0.15) is 113 Å². The van der Waals surface area contributed by atoms with Crippen LogP contribution in [0.5, 0.6) is 0 Å². The fourth-order valence-corrected chi connectivity index (χ4v) is 10.4. The van der Waals surface area contributed by atoms with E-state index in [1.165, 1.54) is 70.8 Å². The van der Waals surface area contributed by atoms with Crippen molar-refractivity contribution in [1.29, 1.82) is 0 Å². The number of hydrogen-bond acceptors (Lipinski definition) is 1. The first-order valence-corrected chi connectivity index (χ1v) is 12.9. The summed E-state index contributed by atoms with van der Waals surface area (Å²) in [6.45, 7) is 18.2. The minimum absolute atomic E-state index is 0.825. The van der Waals surface area contributed by atoms with Crippen molar-refractivity contribution in [3.05, 3.63) is 0 Å². The van der Waals surface area contributed by atoms with Crippen LogP contribution in [0.25, 0.3) is 0 Å². The maximum atomic E-state index is 4.10. The van der Waals surface area contributed by atoms with Gasteiger partial charge in [0.05, 0.1) is 0 Å². The van der Waals surface area contributed by atoms with Gasteiger partial charge in [0.2, 0.25) is 0 Å². The lowest BCUT2D eigenvalue weighted by molar-refractivity contribution is 0.553. The summed E-state index contributed by atoms with van der Waals surface area (Å²) in [6, 6.07) is 0. The molecule has 0 unspecified atom stereocenters. The van der Waals surface area contributed by atoms with Crippen LogP contribution in [0.2, 0.25) is 16.6 Å². The maximum absolute atomic E-state index is 4.10. The van der Waals surface area contributed by atoms with Crippen molar-refractivity contribution < 1.29 is 0 Å². The molecule has 0 aromatic carbocycles. The summed E-state index contributed by atoms with van der Waals surface area (Å²) in [5.41, 5.74) is 2.47. The van der Waals surface area contributed by atoms with Gasteiger partial charge in [-0.05, 0) is 29.6 Å². The van der Waals surface area contributed by atoms with Crippen LogP contribution in [-0.2, 0) is 0 Å². The summed E-state index contributed by atoms with van der Waals surface area (Å²) in [5.74, 6) is 0. The van der Waals surface area contributed by atoms with Crippen molar-refractivity contribution >= 4 is 8.24 Å². The molecule has 0 atom stereocenters. The summed E-state index contributed by atoms with van der Waals surface area (Å²) in [4.78, 5) is 4.10. The Labute approximate surface area is 149 Å². The molecule has 0 saturated heterocycles. The summed E-state index contributed by atoms with van der Waals surface area (Å²) in [6.07, 6.45) is 14.3. The Balaban J connectivity index is 3.80. The Bertz CT molecular complexity index is 239. The highest BCUT2D eigenvalue weighted by molar-refractivity contribution is 6.81. The number of rotatable bonds is 15. The standard InChI is InChI=1S/C21H47NSi/c1-8-9-10-11-12-13-14-15-16-17-18-22-23(19(2)3,20(4)5)21(6)7/h19-22H,8-18H2,1-7H3. The van der Waals surface area contributed by atoms with Crippen molar-refractivity contribution in [2.75, 3.05) is 6.54 Å². The van der Waals surface area contributed by atoms with E-state index in [-0.39, 0.29) is 0 Å². The largest absolute Gasteiger partial charge is 0.336 e. The van der Waals surface area contributed by atoms with Gasteiger partial charge < -0.3 is 4.98 Å². The monoisotopic (exact) mass is 341 g/mol.